The van der Waals surface area contributed by atoms with Gasteiger partial charge >= 0.3 is 0 Å². The molecule has 0 bridgehead atoms. The van der Waals surface area contributed by atoms with E-state index in [1.807, 2.05) is 0 Å². The van der Waals surface area contributed by atoms with Crippen molar-refractivity contribution in [2.75, 3.05) is 0 Å². The molecule has 0 aliphatic heterocycles. The van der Waals surface area contributed by atoms with E-state index in [4.69, 9.17) is 0 Å². The van der Waals surface area contributed by atoms with Gasteiger partial charge in [0.2, 0.25) is 0 Å². The van der Waals surface area contributed by atoms with Crippen LogP contribution in [-0.2, 0) is 0 Å². The van der Waals surface area contributed by atoms with Gasteiger partial charge in [0.1, 0.15) is 0 Å². The molecule has 2 heteroatoms. The SMILES string of the molecule is CC(C)C1=CC2=CCC3C(C)(C#N)CCCC3(C)C2CC1CC#N. The summed E-state index contributed by atoms with van der Waals surface area (Å²) in [7, 11) is 0. The molecule has 128 valence electrons. The van der Waals surface area contributed by atoms with E-state index in [1.54, 1.807) is 0 Å². The lowest BCUT2D eigenvalue weighted by Crippen LogP contribution is -2.50. The van der Waals surface area contributed by atoms with Gasteiger partial charge in [0.15, 0.2) is 0 Å². The fourth-order valence-corrected chi connectivity index (χ4v) is 6.02. The van der Waals surface area contributed by atoms with Crippen LogP contribution in [0.1, 0.15) is 66.2 Å². The van der Waals surface area contributed by atoms with Crippen molar-refractivity contribution in [3.63, 3.8) is 0 Å². The molecule has 1 fully saturated rings. The van der Waals surface area contributed by atoms with Crippen LogP contribution in [0, 0.1) is 57.2 Å². The van der Waals surface area contributed by atoms with E-state index in [-0.39, 0.29) is 10.8 Å². The fourth-order valence-electron chi connectivity index (χ4n) is 6.02. The van der Waals surface area contributed by atoms with E-state index >= 15 is 0 Å². The average molecular weight is 322 g/mol. The molecule has 0 N–H and O–H groups in total. The summed E-state index contributed by atoms with van der Waals surface area (Å²) in [6.07, 6.45) is 11.0. The first-order valence-corrected chi connectivity index (χ1v) is 9.55. The lowest BCUT2D eigenvalue weighted by Gasteiger charge is -2.57. The second kappa shape index (κ2) is 6.07. The third kappa shape index (κ3) is 2.52. The summed E-state index contributed by atoms with van der Waals surface area (Å²) >= 11 is 0. The maximum absolute atomic E-state index is 9.83. The van der Waals surface area contributed by atoms with E-state index in [2.05, 4.69) is 52.0 Å². The van der Waals surface area contributed by atoms with E-state index in [9.17, 15) is 10.5 Å². The lowest BCUT2D eigenvalue weighted by atomic mass is 9.46. The molecule has 0 aromatic heterocycles. The van der Waals surface area contributed by atoms with Crippen molar-refractivity contribution in [1.82, 2.24) is 0 Å². The Bertz CT molecular complexity index is 656. The van der Waals surface area contributed by atoms with Crippen molar-refractivity contribution in [1.29, 1.82) is 10.5 Å². The molecule has 3 aliphatic rings. The van der Waals surface area contributed by atoms with Gasteiger partial charge in [0.25, 0.3) is 0 Å². The monoisotopic (exact) mass is 322 g/mol. The molecular weight excluding hydrogens is 292 g/mol. The first-order chi connectivity index (χ1) is 11.4. The standard InChI is InChI=1S/C22H30N2/c1-15(2)18-12-17-6-7-20-21(3,14-24)9-5-10-22(20,4)19(17)13-16(18)8-11-23/h6,12,15-16,19-20H,5,7-10,13H2,1-4H3. The molecule has 3 aliphatic carbocycles. The zero-order valence-corrected chi connectivity index (χ0v) is 15.6. The second-order valence-corrected chi connectivity index (χ2v) is 9.03. The minimum atomic E-state index is -0.193. The molecule has 0 radical (unpaired) electrons. The molecule has 1 saturated carbocycles. The predicted octanol–water partition coefficient (Wildman–Crippen LogP) is 5.78. The Balaban J connectivity index is 2.03. The van der Waals surface area contributed by atoms with Gasteiger partial charge in [0.05, 0.1) is 17.6 Å². The fraction of sp³-hybridized carbons (Fsp3) is 0.727. The molecule has 0 spiro atoms. The lowest BCUT2D eigenvalue weighted by molar-refractivity contribution is -0.0245. The predicted molar refractivity (Wildman–Crippen MR) is 96.6 cm³/mol. The van der Waals surface area contributed by atoms with Crippen LogP contribution in [0.25, 0.3) is 0 Å². The normalized spacial score (nSPS) is 41.4. The van der Waals surface area contributed by atoms with Crippen LogP contribution < -0.4 is 0 Å². The third-order valence-corrected chi connectivity index (χ3v) is 7.35. The topological polar surface area (TPSA) is 47.6 Å². The van der Waals surface area contributed by atoms with Gasteiger partial charge in [-0.3, -0.25) is 0 Å². The molecule has 5 atom stereocenters. The van der Waals surface area contributed by atoms with Crippen LogP contribution >= 0.6 is 0 Å². The Kier molecular flexibility index (Phi) is 4.37. The zero-order valence-electron chi connectivity index (χ0n) is 15.6. The molecule has 3 rings (SSSR count). The van der Waals surface area contributed by atoms with Gasteiger partial charge in [0, 0.05) is 6.42 Å². The highest BCUT2D eigenvalue weighted by atomic mass is 14.6. The van der Waals surface area contributed by atoms with Crippen molar-refractivity contribution >= 4 is 0 Å². The number of allylic oxidation sites excluding steroid dienone is 4. The van der Waals surface area contributed by atoms with Crippen LogP contribution in [-0.4, -0.2) is 0 Å². The quantitative estimate of drug-likeness (QED) is 0.646. The van der Waals surface area contributed by atoms with Gasteiger partial charge in [-0.05, 0) is 67.3 Å². The second-order valence-electron chi connectivity index (χ2n) is 9.03. The summed E-state index contributed by atoms with van der Waals surface area (Å²) in [5.74, 6) is 1.87. The minimum absolute atomic E-state index is 0.193. The van der Waals surface area contributed by atoms with E-state index in [0.29, 0.717) is 30.1 Å². The van der Waals surface area contributed by atoms with Crippen molar-refractivity contribution < 1.29 is 0 Å². The van der Waals surface area contributed by atoms with E-state index in [1.165, 1.54) is 17.6 Å². The Hall–Kier alpha value is -1.54. The van der Waals surface area contributed by atoms with Gasteiger partial charge < -0.3 is 0 Å². The van der Waals surface area contributed by atoms with Gasteiger partial charge in [-0.25, -0.2) is 0 Å². The van der Waals surface area contributed by atoms with Gasteiger partial charge in [-0.15, -0.1) is 0 Å². The molecule has 0 saturated heterocycles. The van der Waals surface area contributed by atoms with Crippen LogP contribution in [0.5, 0.6) is 0 Å². The van der Waals surface area contributed by atoms with Gasteiger partial charge in [-0.2, -0.15) is 10.5 Å². The number of hydrogen-bond donors (Lipinski definition) is 0. The Morgan fingerprint density at radius 2 is 2.00 bits per heavy atom. The first-order valence-electron chi connectivity index (χ1n) is 9.55. The summed E-state index contributed by atoms with van der Waals surface area (Å²) in [4.78, 5) is 0. The molecule has 5 unspecified atom stereocenters. The maximum atomic E-state index is 9.83. The number of fused-ring (bicyclic) bond motifs is 3. The summed E-state index contributed by atoms with van der Waals surface area (Å²) in [6.45, 7) is 9.11. The molecule has 2 nitrogen and oxygen atoms in total. The number of rotatable bonds is 2. The van der Waals surface area contributed by atoms with Crippen LogP contribution in [0.15, 0.2) is 23.3 Å². The summed E-state index contributed by atoms with van der Waals surface area (Å²) in [5, 5.41) is 19.1. The summed E-state index contributed by atoms with van der Waals surface area (Å²) < 4.78 is 0. The molecule has 0 aromatic rings. The zero-order chi connectivity index (χ0) is 17.5. The Labute approximate surface area is 147 Å². The largest absolute Gasteiger partial charge is 0.198 e. The maximum Gasteiger partial charge on any atom is 0.0690 e. The van der Waals surface area contributed by atoms with Crippen molar-refractivity contribution in [3.8, 4) is 12.1 Å². The Morgan fingerprint density at radius 3 is 2.62 bits per heavy atom. The molecular formula is C22H30N2. The van der Waals surface area contributed by atoms with Crippen molar-refractivity contribution in [2.45, 2.75) is 66.2 Å². The van der Waals surface area contributed by atoms with E-state index < -0.39 is 0 Å². The molecule has 0 heterocycles. The molecule has 0 aromatic carbocycles. The average Bonchev–Trinajstić information content (AvgIpc) is 2.54. The minimum Gasteiger partial charge on any atom is -0.198 e. The molecule has 0 amide bonds. The van der Waals surface area contributed by atoms with Crippen molar-refractivity contribution in [2.24, 2.45) is 34.5 Å². The Morgan fingerprint density at radius 1 is 1.25 bits per heavy atom. The number of hydrogen-bond acceptors (Lipinski definition) is 2. The summed E-state index contributed by atoms with van der Waals surface area (Å²) in [5.41, 5.74) is 2.97. The van der Waals surface area contributed by atoms with Crippen LogP contribution in [0.2, 0.25) is 0 Å². The highest BCUT2D eigenvalue weighted by Crippen LogP contribution is 2.62. The summed E-state index contributed by atoms with van der Waals surface area (Å²) in [6, 6.07) is 5.08. The number of nitriles is 2. The molecule has 24 heavy (non-hydrogen) atoms. The van der Waals surface area contributed by atoms with Crippen LogP contribution in [0.3, 0.4) is 0 Å². The smallest absolute Gasteiger partial charge is 0.0690 e. The van der Waals surface area contributed by atoms with Gasteiger partial charge in [-0.1, -0.05) is 44.9 Å². The highest BCUT2D eigenvalue weighted by molar-refractivity contribution is 5.37. The third-order valence-electron chi connectivity index (χ3n) is 7.35. The highest BCUT2D eigenvalue weighted by Gasteiger charge is 2.55. The van der Waals surface area contributed by atoms with Crippen LogP contribution in [0.4, 0.5) is 0 Å². The first kappa shape index (κ1) is 17.3. The van der Waals surface area contributed by atoms with Crippen molar-refractivity contribution in [3.05, 3.63) is 23.3 Å². The van der Waals surface area contributed by atoms with E-state index in [0.717, 1.165) is 25.7 Å². The number of nitrogens with zero attached hydrogens (tertiary/aromatic N) is 2.